The van der Waals surface area contributed by atoms with Gasteiger partial charge in [0.15, 0.2) is 5.11 Å². The number of aliphatic hydroxyl groups excluding tert-OH is 1. The molecule has 0 bridgehead atoms. The Morgan fingerprint density at radius 3 is 2.50 bits per heavy atom. The predicted molar refractivity (Wildman–Crippen MR) is 77.3 cm³/mol. The maximum Gasteiger partial charge on any atom is 0.166 e. The van der Waals surface area contributed by atoms with Crippen LogP contribution in [0.3, 0.4) is 0 Å². The van der Waals surface area contributed by atoms with E-state index in [1.807, 2.05) is 18.2 Å². The molecular formula is C14H20N2OS. The minimum absolute atomic E-state index is 0.117. The zero-order chi connectivity index (χ0) is 12.8. The highest BCUT2D eigenvalue weighted by molar-refractivity contribution is 7.80. The molecular weight excluding hydrogens is 244 g/mol. The maximum atomic E-state index is 9.44. The van der Waals surface area contributed by atoms with Crippen LogP contribution in [0.2, 0.25) is 0 Å². The smallest absolute Gasteiger partial charge is 0.166 e. The fourth-order valence-electron chi connectivity index (χ4n) is 2.23. The van der Waals surface area contributed by atoms with Crippen LogP contribution >= 0.6 is 12.2 Å². The molecule has 0 atom stereocenters. The Hall–Kier alpha value is -1.13. The molecule has 0 heterocycles. The summed E-state index contributed by atoms with van der Waals surface area (Å²) in [7, 11) is 0. The summed E-state index contributed by atoms with van der Waals surface area (Å²) in [6, 6.07) is 10.6. The molecule has 98 valence electrons. The lowest BCUT2D eigenvalue weighted by molar-refractivity contribution is 0.120. The average Bonchev–Trinajstić information content (AvgIpc) is 2.40. The van der Waals surface area contributed by atoms with Gasteiger partial charge < -0.3 is 15.7 Å². The molecule has 0 aliphatic heterocycles. The lowest BCUT2D eigenvalue weighted by atomic mass is 9.93. The van der Waals surface area contributed by atoms with E-state index in [1.54, 1.807) is 0 Å². The number of nitrogens with one attached hydrogen (secondary N) is 2. The van der Waals surface area contributed by atoms with Crippen molar-refractivity contribution in [2.24, 2.45) is 0 Å². The van der Waals surface area contributed by atoms with E-state index >= 15 is 0 Å². The van der Waals surface area contributed by atoms with Crippen LogP contribution in [0.25, 0.3) is 0 Å². The van der Waals surface area contributed by atoms with Gasteiger partial charge in [0.2, 0.25) is 0 Å². The molecule has 1 aliphatic rings. The Morgan fingerprint density at radius 2 is 1.83 bits per heavy atom. The fourth-order valence-corrected chi connectivity index (χ4v) is 2.47. The number of thiocarbonyl (C=S) groups is 1. The van der Waals surface area contributed by atoms with Crippen LogP contribution in [0.5, 0.6) is 0 Å². The summed E-state index contributed by atoms with van der Waals surface area (Å²) in [6.45, 7) is 0.752. The minimum Gasteiger partial charge on any atom is -0.393 e. The van der Waals surface area contributed by atoms with E-state index in [4.69, 9.17) is 12.2 Å². The Balaban J connectivity index is 1.69. The van der Waals surface area contributed by atoms with E-state index in [2.05, 4.69) is 22.8 Å². The minimum atomic E-state index is -0.117. The first-order valence-corrected chi connectivity index (χ1v) is 6.91. The van der Waals surface area contributed by atoms with Gasteiger partial charge in [0.25, 0.3) is 0 Å². The van der Waals surface area contributed by atoms with Crippen molar-refractivity contribution < 1.29 is 5.11 Å². The first kappa shape index (κ1) is 13.3. The second-order valence-corrected chi connectivity index (χ2v) is 5.23. The van der Waals surface area contributed by atoms with Gasteiger partial charge in [0.05, 0.1) is 6.10 Å². The molecule has 4 heteroatoms. The summed E-state index contributed by atoms with van der Waals surface area (Å²) in [5.41, 5.74) is 1.22. The monoisotopic (exact) mass is 264 g/mol. The lowest BCUT2D eigenvalue weighted by Gasteiger charge is -2.27. The van der Waals surface area contributed by atoms with E-state index in [1.165, 1.54) is 5.56 Å². The molecule has 0 unspecified atom stereocenters. The number of hydrogen-bond donors (Lipinski definition) is 3. The second-order valence-electron chi connectivity index (χ2n) is 4.82. The third kappa shape index (κ3) is 4.27. The van der Waals surface area contributed by atoms with Gasteiger partial charge in [-0.05, 0) is 43.5 Å². The molecule has 18 heavy (non-hydrogen) atoms. The molecule has 0 saturated heterocycles. The topological polar surface area (TPSA) is 44.3 Å². The Bertz CT molecular complexity index is 375. The number of benzene rings is 1. The third-order valence-electron chi connectivity index (χ3n) is 3.33. The van der Waals surface area contributed by atoms with Crippen molar-refractivity contribution in [2.75, 3.05) is 0 Å². The molecule has 1 aliphatic carbocycles. The fraction of sp³-hybridized carbons (Fsp3) is 0.500. The highest BCUT2D eigenvalue weighted by Gasteiger charge is 2.19. The van der Waals surface area contributed by atoms with Gasteiger partial charge in [-0.1, -0.05) is 30.3 Å². The Kier molecular flexibility index (Phi) is 4.96. The first-order chi connectivity index (χ1) is 8.74. The summed E-state index contributed by atoms with van der Waals surface area (Å²) >= 11 is 5.28. The molecule has 1 aromatic rings. The average molecular weight is 264 g/mol. The first-order valence-electron chi connectivity index (χ1n) is 6.50. The van der Waals surface area contributed by atoms with Crippen LogP contribution in [-0.4, -0.2) is 22.4 Å². The van der Waals surface area contributed by atoms with E-state index < -0.39 is 0 Å². The molecule has 1 fully saturated rings. The van der Waals surface area contributed by atoms with Crippen molar-refractivity contribution in [3.05, 3.63) is 35.9 Å². The number of rotatable bonds is 3. The quantitative estimate of drug-likeness (QED) is 0.730. The SMILES string of the molecule is OC1CCC(NC(=S)NCc2ccccc2)CC1. The van der Waals surface area contributed by atoms with Crippen molar-refractivity contribution in [3.8, 4) is 0 Å². The van der Waals surface area contributed by atoms with Crippen molar-refractivity contribution in [1.29, 1.82) is 0 Å². The lowest BCUT2D eigenvalue weighted by Crippen LogP contribution is -2.43. The van der Waals surface area contributed by atoms with Gasteiger partial charge in [-0.15, -0.1) is 0 Å². The van der Waals surface area contributed by atoms with Gasteiger partial charge in [-0.25, -0.2) is 0 Å². The van der Waals surface area contributed by atoms with Crippen LogP contribution in [0.15, 0.2) is 30.3 Å². The van der Waals surface area contributed by atoms with E-state index in [0.717, 1.165) is 32.2 Å². The van der Waals surface area contributed by atoms with Gasteiger partial charge in [-0.2, -0.15) is 0 Å². The van der Waals surface area contributed by atoms with Crippen LogP contribution in [0.4, 0.5) is 0 Å². The molecule has 0 spiro atoms. The summed E-state index contributed by atoms with van der Waals surface area (Å²) < 4.78 is 0. The summed E-state index contributed by atoms with van der Waals surface area (Å²) in [5, 5.41) is 16.7. The molecule has 0 amide bonds. The summed E-state index contributed by atoms with van der Waals surface area (Å²) in [4.78, 5) is 0. The Morgan fingerprint density at radius 1 is 1.17 bits per heavy atom. The van der Waals surface area contributed by atoms with Crippen LogP contribution < -0.4 is 10.6 Å². The third-order valence-corrected chi connectivity index (χ3v) is 3.59. The Labute approximate surface area is 114 Å². The van der Waals surface area contributed by atoms with Crippen LogP contribution in [-0.2, 0) is 6.54 Å². The predicted octanol–water partition coefficient (Wildman–Crippen LogP) is 1.95. The van der Waals surface area contributed by atoms with Gasteiger partial charge in [-0.3, -0.25) is 0 Å². The molecule has 3 nitrogen and oxygen atoms in total. The van der Waals surface area contributed by atoms with Crippen molar-refractivity contribution in [1.82, 2.24) is 10.6 Å². The zero-order valence-electron chi connectivity index (χ0n) is 10.4. The van der Waals surface area contributed by atoms with E-state index in [0.29, 0.717) is 11.2 Å². The van der Waals surface area contributed by atoms with Crippen molar-refractivity contribution >= 4 is 17.3 Å². The molecule has 0 radical (unpaired) electrons. The van der Waals surface area contributed by atoms with Crippen molar-refractivity contribution in [2.45, 2.75) is 44.4 Å². The van der Waals surface area contributed by atoms with E-state index in [-0.39, 0.29) is 6.10 Å². The largest absolute Gasteiger partial charge is 0.393 e. The van der Waals surface area contributed by atoms with E-state index in [9.17, 15) is 5.11 Å². The van der Waals surface area contributed by atoms with Gasteiger partial charge in [0, 0.05) is 12.6 Å². The summed E-state index contributed by atoms with van der Waals surface area (Å²) in [5.74, 6) is 0. The molecule has 1 saturated carbocycles. The second kappa shape index (κ2) is 6.71. The van der Waals surface area contributed by atoms with Crippen molar-refractivity contribution in [3.63, 3.8) is 0 Å². The zero-order valence-corrected chi connectivity index (χ0v) is 11.2. The van der Waals surface area contributed by atoms with Crippen LogP contribution in [0.1, 0.15) is 31.2 Å². The van der Waals surface area contributed by atoms with Crippen LogP contribution in [0, 0.1) is 0 Å². The summed E-state index contributed by atoms with van der Waals surface area (Å²) in [6.07, 6.45) is 3.62. The number of aliphatic hydroxyl groups is 1. The van der Waals surface area contributed by atoms with Gasteiger partial charge in [0.1, 0.15) is 0 Å². The standard InChI is InChI=1S/C14H20N2OS/c17-13-8-6-12(7-9-13)16-14(18)15-10-11-4-2-1-3-5-11/h1-5,12-13,17H,6-10H2,(H2,15,16,18). The normalized spacial score (nSPS) is 23.4. The molecule has 2 rings (SSSR count). The molecule has 3 N–H and O–H groups in total. The number of hydrogen-bond acceptors (Lipinski definition) is 2. The molecule has 1 aromatic carbocycles. The molecule has 0 aromatic heterocycles. The highest BCUT2D eigenvalue weighted by atomic mass is 32.1. The van der Waals surface area contributed by atoms with Gasteiger partial charge >= 0.3 is 0 Å². The maximum absolute atomic E-state index is 9.44. The highest BCUT2D eigenvalue weighted by Crippen LogP contribution is 2.18.